The largest absolute Gasteiger partial charge is 0.370 e. The Kier molecular flexibility index (Phi) is 4.66. The van der Waals surface area contributed by atoms with Gasteiger partial charge in [-0.15, -0.1) is 0 Å². The maximum atomic E-state index is 12.8. The van der Waals surface area contributed by atoms with E-state index >= 15 is 0 Å². The molecule has 0 unspecified atom stereocenters. The predicted molar refractivity (Wildman–Crippen MR) is 89.2 cm³/mol. The molecule has 0 atom stereocenters. The minimum atomic E-state index is -0.302. The number of amidine groups is 1. The lowest BCUT2D eigenvalue weighted by Gasteiger charge is -2.15. The van der Waals surface area contributed by atoms with Crippen LogP contribution in [0.2, 0.25) is 0 Å². The molecule has 23 heavy (non-hydrogen) atoms. The second-order valence-corrected chi connectivity index (χ2v) is 5.44. The fourth-order valence-electron chi connectivity index (χ4n) is 2.43. The van der Waals surface area contributed by atoms with Crippen LogP contribution in [-0.4, -0.2) is 24.8 Å². The van der Waals surface area contributed by atoms with Gasteiger partial charge in [-0.1, -0.05) is 12.1 Å². The molecule has 118 valence electrons. The van der Waals surface area contributed by atoms with Crippen LogP contribution in [-0.2, 0) is 11.2 Å². The molecule has 1 heterocycles. The molecule has 2 aromatic carbocycles. The molecule has 0 aromatic heterocycles. The number of nitrogens with zero attached hydrogens (tertiary/aromatic N) is 1. The lowest BCUT2D eigenvalue weighted by atomic mass is 10.1. The summed E-state index contributed by atoms with van der Waals surface area (Å²) < 4.78 is 12.8. The summed E-state index contributed by atoms with van der Waals surface area (Å²) in [5.41, 5.74) is 2.53. The minimum absolute atomic E-state index is 0.127. The van der Waals surface area contributed by atoms with Crippen molar-refractivity contribution in [3.63, 3.8) is 0 Å². The first-order valence-electron chi connectivity index (χ1n) is 7.64. The van der Waals surface area contributed by atoms with Crippen LogP contribution < -0.4 is 10.6 Å². The van der Waals surface area contributed by atoms with Gasteiger partial charge in [0, 0.05) is 24.3 Å². The summed E-state index contributed by atoms with van der Waals surface area (Å²) in [7, 11) is 0. The zero-order chi connectivity index (χ0) is 16.1. The Morgan fingerprint density at radius 3 is 2.52 bits per heavy atom. The Labute approximate surface area is 134 Å². The van der Waals surface area contributed by atoms with Gasteiger partial charge in [-0.05, 0) is 48.4 Å². The molecule has 1 aliphatic heterocycles. The van der Waals surface area contributed by atoms with E-state index in [1.807, 2.05) is 24.3 Å². The molecule has 3 rings (SSSR count). The van der Waals surface area contributed by atoms with Crippen molar-refractivity contribution in [1.82, 2.24) is 5.32 Å². The number of amides is 1. The van der Waals surface area contributed by atoms with Gasteiger partial charge in [0.2, 0.25) is 5.91 Å². The van der Waals surface area contributed by atoms with Crippen LogP contribution in [0.5, 0.6) is 0 Å². The van der Waals surface area contributed by atoms with E-state index in [0.717, 1.165) is 42.2 Å². The molecule has 0 saturated heterocycles. The van der Waals surface area contributed by atoms with E-state index in [1.54, 1.807) is 12.1 Å². The average molecular weight is 311 g/mol. The number of aliphatic imine (C=N–C) groups is 1. The molecule has 1 aliphatic rings. The quantitative estimate of drug-likeness (QED) is 0.912. The van der Waals surface area contributed by atoms with E-state index in [2.05, 4.69) is 15.6 Å². The topological polar surface area (TPSA) is 53.5 Å². The van der Waals surface area contributed by atoms with Crippen LogP contribution in [0, 0.1) is 5.82 Å². The van der Waals surface area contributed by atoms with Crippen molar-refractivity contribution >= 4 is 17.4 Å². The third-order valence-corrected chi connectivity index (χ3v) is 3.62. The van der Waals surface area contributed by atoms with Crippen LogP contribution in [0.4, 0.5) is 10.1 Å². The number of carbonyl (C=O) groups is 1. The van der Waals surface area contributed by atoms with Crippen LogP contribution >= 0.6 is 0 Å². The van der Waals surface area contributed by atoms with Crippen LogP contribution in [0.15, 0.2) is 53.5 Å². The number of halogens is 1. The molecule has 0 radical (unpaired) electrons. The zero-order valence-corrected chi connectivity index (χ0v) is 12.7. The molecule has 0 saturated carbocycles. The first-order valence-corrected chi connectivity index (χ1v) is 7.64. The summed E-state index contributed by atoms with van der Waals surface area (Å²) in [5, 5.41) is 6.11. The monoisotopic (exact) mass is 311 g/mol. The third-order valence-electron chi connectivity index (χ3n) is 3.62. The Hall–Kier alpha value is -2.69. The highest BCUT2D eigenvalue weighted by atomic mass is 19.1. The van der Waals surface area contributed by atoms with Gasteiger partial charge in [0.05, 0.1) is 6.42 Å². The van der Waals surface area contributed by atoms with Crippen molar-refractivity contribution in [2.75, 3.05) is 18.4 Å². The van der Waals surface area contributed by atoms with E-state index in [-0.39, 0.29) is 18.1 Å². The fraction of sp³-hybridized carbons (Fsp3) is 0.222. The van der Waals surface area contributed by atoms with Crippen molar-refractivity contribution < 1.29 is 9.18 Å². The number of hydrogen-bond donors (Lipinski definition) is 2. The lowest BCUT2D eigenvalue weighted by molar-refractivity contribution is -0.115. The summed E-state index contributed by atoms with van der Waals surface area (Å²) in [6.45, 7) is 1.79. The van der Waals surface area contributed by atoms with Gasteiger partial charge in [0.25, 0.3) is 0 Å². The summed E-state index contributed by atoms with van der Waals surface area (Å²) in [5.74, 6) is 0.474. The molecular formula is C18H18FN3O. The predicted octanol–water partition coefficient (Wildman–Crippen LogP) is 2.75. The van der Waals surface area contributed by atoms with E-state index in [1.165, 1.54) is 12.1 Å². The molecule has 0 fully saturated rings. The molecule has 4 nitrogen and oxygen atoms in total. The molecule has 0 bridgehead atoms. The maximum absolute atomic E-state index is 12.8. The molecule has 1 amide bonds. The Balaban J connectivity index is 1.60. The van der Waals surface area contributed by atoms with Crippen molar-refractivity contribution in [2.45, 2.75) is 12.8 Å². The van der Waals surface area contributed by atoms with Crippen LogP contribution in [0.1, 0.15) is 17.5 Å². The molecule has 5 heteroatoms. The highest BCUT2D eigenvalue weighted by Crippen LogP contribution is 2.12. The average Bonchev–Trinajstić information content (AvgIpc) is 2.58. The van der Waals surface area contributed by atoms with Crippen molar-refractivity contribution in [3.05, 3.63) is 65.5 Å². The maximum Gasteiger partial charge on any atom is 0.228 e. The summed E-state index contributed by atoms with van der Waals surface area (Å²) in [6.07, 6.45) is 1.28. The number of benzene rings is 2. The van der Waals surface area contributed by atoms with E-state index in [4.69, 9.17) is 0 Å². The standard InChI is InChI=1S/C18H18FN3O/c19-15-6-2-13(3-7-15)12-17(23)22-16-8-4-14(5-9-16)18-20-10-1-11-21-18/h2-9H,1,10-12H2,(H,20,21)(H,22,23). The van der Waals surface area contributed by atoms with Gasteiger partial charge >= 0.3 is 0 Å². The van der Waals surface area contributed by atoms with Gasteiger partial charge in [0.1, 0.15) is 11.7 Å². The fourth-order valence-corrected chi connectivity index (χ4v) is 2.43. The number of rotatable bonds is 4. The van der Waals surface area contributed by atoms with E-state index < -0.39 is 0 Å². The van der Waals surface area contributed by atoms with Crippen LogP contribution in [0.25, 0.3) is 0 Å². The molecular weight excluding hydrogens is 293 g/mol. The highest BCUT2D eigenvalue weighted by Gasteiger charge is 2.08. The Morgan fingerprint density at radius 1 is 1.13 bits per heavy atom. The van der Waals surface area contributed by atoms with Gasteiger partial charge in [-0.25, -0.2) is 4.39 Å². The molecule has 0 aliphatic carbocycles. The first-order chi connectivity index (χ1) is 11.2. The molecule has 0 spiro atoms. The minimum Gasteiger partial charge on any atom is -0.370 e. The second kappa shape index (κ2) is 7.05. The lowest BCUT2D eigenvalue weighted by Crippen LogP contribution is -2.30. The van der Waals surface area contributed by atoms with E-state index in [9.17, 15) is 9.18 Å². The van der Waals surface area contributed by atoms with Crippen molar-refractivity contribution in [2.24, 2.45) is 4.99 Å². The smallest absolute Gasteiger partial charge is 0.228 e. The highest BCUT2D eigenvalue weighted by molar-refractivity contribution is 6.00. The SMILES string of the molecule is O=C(Cc1ccc(F)cc1)Nc1ccc(C2=NCCCN2)cc1. The van der Waals surface area contributed by atoms with Crippen molar-refractivity contribution in [3.8, 4) is 0 Å². The van der Waals surface area contributed by atoms with Gasteiger partial charge in [0.15, 0.2) is 0 Å². The molecule has 2 aromatic rings. The third kappa shape index (κ3) is 4.16. The normalized spacial score (nSPS) is 13.9. The second-order valence-electron chi connectivity index (χ2n) is 5.44. The Bertz CT molecular complexity index is 708. The summed E-state index contributed by atoms with van der Waals surface area (Å²) in [4.78, 5) is 16.5. The van der Waals surface area contributed by atoms with E-state index in [0.29, 0.717) is 0 Å². The van der Waals surface area contributed by atoms with Gasteiger partial charge < -0.3 is 10.6 Å². The number of carbonyl (C=O) groups excluding carboxylic acids is 1. The summed E-state index contributed by atoms with van der Waals surface area (Å²) in [6, 6.07) is 13.5. The summed E-state index contributed by atoms with van der Waals surface area (Å²) >= 11 is 0. The number of nitrogens with one attached hydrogen (secondary N) is 2. The number of hydrogen-bond acceptors (Lipinski definition) is 3. The Morgan fingerprint density at radius 2 is 1.87 bits per heavy atom. The van der Waals surface area contributed by atoms with Gasteiger partial charge in [-0.3, -0.25) is 9.79 Å². The number of anilines is 1. The first kappa shape index (κ1) is 15.2. The molecule has 2 N–H and O–H groups in total. The van der Waals surface area contributed by atoms with Gasteiger partial charge in [-0.2, -0.15) is 0 Å². The van der Waals surface area contributed by atoms with Crippen LogP contribution in [0.3, 0.4) is 0 Å². The zero-order valence-electron chi connectivity index (χ0n) is 12.7. The van der Waals surface area contributed by atoms with Crippen molar-refractivity contribution in [1.29, 1.82) is 0 Å².